The summed E-state index contributed by atoms with van der Waals surface area (Å²) in [5, 5.41) is 2.93. The number of nitrogen functional groups attached to an aromatic ring is 1. The summed E-state index contributed by atoms with van der Waals surface area (Å²) in [6, 6.07) is 3.81. The van der Waals surface area contributed by atoms with Crippen molar-refractivity contribution in [2.24, 2.45) is 5.92 Å². The number of amides is 1. The Hall–Kier alpha value is -1.51. The van der Waals surface area contributed by atoms with Crippen LogP contribution in [-0.4, -0.2) is 5.91 Å². The average molecular weight is 220 g/mol. The zero-order valence-corrected chi connectivity index (χ0v) is 10.4. The van der Waals surface area contributed by atoms with Gasteiger partial charge in [0, 0.05) is 17.3 Å². The Bertz CT molecular complexity index is 399. The van der Waals surface area contributed by atoms with E-state index in [4.69, 9.17) is 5.73 Å². The number of nitrogens with two attached hydrogens (primary N) is 1. The Morgan fingerprint density at radius 1 is 1.38 bits per heavy atom. The van der Waals surface area contributed by atoms with E-state index in [0.717, 1.165) is 28.9 Å². The van der Waals surface area contributed by atoms with Gasteiger partial charge in [0.1, 0.15) is 0 Å². The third-order valence-electron chi connectivity index (χ3n) is 2.93. The quantitative estimate of drug-likeness (QED) is 0.769. The van der Waals surface area contributed by atoms with Gasteiger partial charge in [-0.05, 0) is 43.5 Å². The highest BCUT2D eigenvalue weighted by molar-refractivity contribution is 5.93. The molecule has 3 N–H and O–H groups in total. The summed E-state index contributed by atoms with van der Waals surface area (Å²) in [4.78, 5) is 11.7. The first-order valence-electron chi connectivity index (χ1n) is 5.63. The number of aryl methyl sites for hydroxylation is 2. The highest BCUT2D eigenvalue weighted by Gasteiger charge is 2.12. The molecule has 3 heteroatoms. The molecule has 0 aliphatic heterocycles. The summed E-state index contributed by atoms with van der Waals surface area (Å²) >= 11 is 0. The maximum atomic E-state index is 11.7. The number of hydrogen-bond acceptors (Lipinski definition) is 2. The number of carbonyl (C=O) groups is 1. The molecule has 1 aromatic carbocycles. The molecule has 0 aromatic heterocycles. The van der Waals surface area contributed by atoms with Gasteiger partial charge in [0.05, 0.1) is 0 Å². The number of nitrogens with one attached hydrogen (secondary N) is 1. The van der Waals surface area contributed by atoms with Crippen LogP contribution in [0.5, 0.6) is 0 Å². The Morgan fingerprint density at radius 2 is 2.00 bits per heavy atom. The highest BCUT2D eigenvalue weighted by atomic mass is 16.1. The third kappa shape index (κ3) is 2.75. The lowest BCUT2D eigenvalue weighted by Crippen LogP contribution is -2.20. The molecule has 0 heterocycles. The molecular formula is C13H20N2O. The van der Waals surface area contributed by atoms with Crippen LogP contribution in [0, 0.1) is 19.8 Å². The molecule has 1 unspecified atom stereocenters. The molecule has 88 valence electrons. The van der Waals surface area contributed by atoms with Crippen molar-refractivity contribution in [3.63, 3.8) is 0 Å². The second-order valence-corrected chi connectivity index (χ2v) is 4.32. The first-order chi connectivity index (χ1) is 7.45. The van der Waals surface area contributed by atoms with Crippen LogP contribution in [0.2, 0.25) is 0 Å². The van der Waals surface area contributed by atoms with E-state index in [-0.39, 0.29) is 11.8 Å². The minimum absolute atomic E-state index is 0.0391. The predicted molar refractivity (Wildman–Crippen MR) is 68.4 cm³/mol. The molecule has 0 radical (unpaired) electrons. The first kappa shape index (κ1) is 12.6. The Morgan fingerprint density at radius 3 is 2.56 bits per heavy atom. The Labute approximate surface area is 97.0 Å². The van der Waals surface area contributed by atoms with Crippen LogP contribution in [0.4, 0.5) is 11.4 Å². The van der Waals surface area contributed by atoms with Gasteiger partial charge >= 0.3 is 0 Å². The lowest BCUT2D eigenvalue weighted by atomic mass is 10.1. The molecule has 1 aromatic rings. The number of hydrogen-bond donors (Lipinski definition) is 2. The van der Waals surface area contributed by atoms with Crippen molar-refractivity contribution in [3.05, 3.63) is 23.3 Å². The molecule has 3 nitrogen and oxygen atoms in total. The topological polar surface area (TPSA) is 55.1 Å². The van der Waals surface area contributed by atoms with E-state index in [1.165, 1.54) is 0 Å². The normalized spacial score (nSPS) is 12.2. The van der Waals surface area contributed by atoms with Crippen LogP contribution in [0.25, 0.3) is 0 Å². The van der Waals surface area contributed by atoms with Crippen LogP contribution in [0.3, 0.4) is 0 Å². The molecule has 0 aliphatic carbocycles. The van der Waals surface area contributed by atoms with Crippen molar-refractivity contribution < 1.29 is 4.79 Å². The molecule has 1 rings (SSSR count). The van der Waals surface area contributed by atoms with Gasteiger partial charge in [-0.2, -0.15) is 0 Å². The van der Waals surface area contributed by atoms with E-state index in [2.05, 4.69) is 5.32 Å². The van der Waals surface area contributed by atoms with Crippen molar-refractivity contribution in [3.8, 4) is 0 Å². The van der Waals surface area contributed by atoms with Crippen LogP contribution in [0.15, 0.2) is 12.1 Å². The molecular weight excluding hydrogens is 200 g/mol. The SMILES string of the molecule is CCC(C)C(=O)Nc1cc(C)c(N)cc1C. The number of rotatable bonds is 3. The summed E-state index contributed by atoms with van der Waals surface area (Å²) in [5.74, 6) is 0.104. The van der Waals surface area contributed by atoms with Gasteiger partial charge in [-0.15, -0.1) is 0 Å². The maximum Gasteiger partial charge on any atom is 0.227 e. The maximum absolute atomic E-state index is 11.7. The zero-order chi connectivity index (χ0) is 12.3. The zero-order valence-electron chi connectivity index (χ0n) is 10.4. The fourth-order valence-electron chi connectivity index (χ4n) is 1.41. The van der Waals surface area contributed by atoms with Gasteiger partial charge in [-0.25, -0.2) is 0 Å². The standard InChI is InChI=1S/C13H20N2O/c1-5-8(2)13(16)15-12-7-9(3)11(14)6-10(12)4/h6-8H,5,14H2,1-4H3,(H,15,16). The summed E-state index contributed by atoms with van der Waals surface area (Å²) in [6.45, 7) is 7.82. The van der Waals surface area contributed by atoms with E-state index in [1.54, 1.807) is 0 Å². The number of carbonyl (C=O) groups excluding carboxylic acids is 1. The molecule has 0 aliphatic rings. The minimum atomic E-state index is 0.0391. The smallest absolute Gasteiger partial charge is 0.227 e. The first-order valence-corrected chi connectivity index (χ1v) is 5.63. The molecule has 0 fully saturated rings. The molecule has 0 saturated heterocycles. The monoisotopic (exact) mass is 220 g/mol. The summed E-state index contributed by atoms with van der Waals surface area (Å²) < 4.78 is 0. The fourth-order valence-corrected chi connectivity index (χ4v) is 1.41. The van der Waals surface area contributed by atoms with Gasteiger partial charge in [0.15, 0.2) is 0 Å². The largest absolute Gasteiger partial charge is 0.399 e. The number of anilines is 2. The minimum Gasteiger partial charge on any atom is -0.399 e. The van der Waals surface area contributed by atoms with Crippen molar-refractivity contribution >= 4 is 17.3 Å². The van der Waals surface area contributed by atoms with Crippen LogP contribution >= 0.6 is 0 Å². The van der Waals surface area contributed by atoms with E-state index < -0.39 is 0 Å². The number of benzene rings is 1. The van der Waals surface area contributed by atoms with E-state index in [9.17, 15) is 4.79 Å². The predicted octanol–water partition coefficient (Wildman–Crippen LogP) is 2.87. The molecule has 0 spiro atoms. The Balaban J connectivity index is 2.90. The van der Waals surface area contributed by atoms with Crippen molar-refractivity contribution in [2.45, 2.75) is 34.1 Å². The van der Waals surface area contributed by atoms with Gasteiger partial charge in [-0.3, -0.25) is 4.79 Å². The van der Waals surface area contributed by atoms with E-state index in [1.807, 2.05) is 39.8 Å². The van der Waals surface area contributed by atoms with Crippen LogP contribution in [0.1, 0.15) is 31.4 Å². The fraction of sp³-hybridized carbons (Fsp3) is 0.462. The van der Waals surface area contributed by atoms with E-state index >= 15 is 0 Å². The van der Waals surface area contributed by atoms with Gasteiger partial charge in [-0.1, -0.05) is 13.8 Å². The molecule has 16 heavy (non-hydrogen) atoms. The summed E-state index contributed by atoms with van der Waals surface area (Å²) in [5.41, 5.74) is 9.41. The van der Waals surface area contributed by atoms with Gasteiger partial charge in [0.2, 0.25) is 5.91 Å². The van der Waals surface area contributed by atoms with Crippen molar-refractivity contribution in [1.82, 2.24) is 0 Å². The van der Waals surface area contributed by atoms with Crippen molar-refractivity contribution in [1.29, 1.82) is 0 Å². The second kappa shape index (κ2) is 5.01. The van der Waals surface area contributed by atoms with Gasteiger partial charge < -0.3 is 11.1 Å². The average Bonchev–Trinajstić information content (AvgIpc) is 2.24. The molecule has 1 atom stereocenters. The van der Waals surface area contributed by atoms with Crippen molar-refractivity contribution in [2.75, 3.05) is 11.1 Å². The molecule has 0 bridgehead atoms. The third-order valence-corrected chi connectivity index (χ3v) is 2.93. The van der Waals surface area contributed by atoms with Crippen LogP contribution < -0.4 is 11.1 Å². The van der Waals surface area contributed by atoms with Crippen LogP contribution in [-0.2, 0) is 4.79 Å². The van der Waals surface area contributed by atoms with Gasteiger partial charge in [0.25, 0.3) is 0 Å². The van der Waals surface area contributed by atoms with E-state index in [0.29, 0.717) is 0 Å². The lowest BCUT2D eigenvalue weighted by Gasteiger charge is -2.13. The lowest BCUT2D eigenvalue weighted by molar-refractivity contribution is -0.119. The molecule has 1 amide bonds. The highest BCUT2D eigenvalue weighted by Crippen LogP contribution is 2.22. The summed E-state index contributed by atoms with van der Waals surface area (Å²) in [6.07, 6.45) is 0.846. The molecule has 0 saturated carbocycles. The Kier molecular flexibility index (Phi) is 3.93. The second-order valence-electron chi connectivity index (χ2n) is 4.32. The summed E-state index contributed by atoms with van der Waals surface area (Å²) in [7, 11) is 0.